The summed E-state index contributed by atoms with van der Waals surface area (Å²) in [7, 11) is -1.72. The van der Waals surface area contributed by atoms with E-state index in [0.717, 1.165) is 12.1 Å². The standard InChI is InChI=1S/C19H30F2N4O4S/c1-15(2)28-12-13-30(26,27)25-9-7-24(8-10-25)19(22-3)23-6-11-29-18-5-4-16(20)14-17(18)21/h4-5,14-15H,6-13H2,1-3H3,(H,22,23). The molecule has 170 valence electrons. The third-order valence-corrected chi connectivity index (χ3v) is 6.31. The van der Waals surface area contributed by atoms with Crippen molar-refractivity contribution in [2.75, 3.05) is 58.7 Å². The summed E-state index contributed by atoms with van der Waals surface area (Å²) in [5, 5.41) is 3.11. The Labute approximate surface area is 176 Å². The van der Waals surface area contributed by atoms with Gasteiger partial charge in [-0.25, -0.2) is 17.2 Å². The van der Waals surface area contributed by atoms with Crippen molar-refractivity contribution in [3.05, 3.63) is 29.8 Å². The zero-order valence-electron chi connectivity index (χ0n) is 17.6. The summed E-state index contributed by atoms with van der Waals surface area (Å²) in [6.45, 7) is 6.15. The third kappa shape index (κ3) is 7.37. The molecule has 0 unspecified atom stereocenters. The van der Waals surface area contributed by atoms with Crippen molar-refractivity contribution in [2.24, 2.45) is 4.99 Å². The first-order valence-corrected chi connectivity index (χ1v) is 11.5. The number of hydrogen-bond donors (Lipinski definition) is 1. The fourth-order valence-corrected chi connectivity index (χ4v) is 4.23. The first-order valence-electron chi connectivity index (χ1n) is 9.86. The molecule has 8 nitrogen and oxygen atoms in total. The molecule has 1 aromatic carbocycles. The van der Waals surface area contributed by atoms with Gasteiger partial charge in [0.2, 0.25) is 10.0 Å². The lowest BCUT2D eigenvalue weighted by atomic mass is 10.3. The van der Waals surface area contributed by atoms with Gasteiger partial charge in [-0.2, -0.15) is 4.31 Å². The average molecular weight is 449 g/mol. The van der Waals surface area contributed by atoms with Crippen LogP contribution in [0.4, 0.5) is 8.78 Å². The van der Waals surface area contributed by atoms with Crippen LogP contribution in [0.15, 0.2) is 23.2 Å². The van der Waals surface area contributed by atoms with Crippen LogP contribution < -0.4 is 10.1 Å². The highest BCUT2D eigenvalue weighted by atomic mass is 32.2. The Hall–Kier alpha value is -1.98. The van der Waals surface area contributed by atoms with Gasteiger partial charge in [-0.05, 0) is 26.0 Å². The molecule has 0 atom stereocenters. The lowest BCUT2D eigenvalue weighted by molar-refractivity contribution is 0.0904. The van der Waals surface area contributed by atoms with E-state index in [0.29, 0.717) is 38.7 Å². The lowest BCUT2D eigenvalue weighted by Gasteiger charge is -2.35. The largest absolute Gasteiger partial charge is 0.489 e. The van der Waals surface area contributed by atoms with Gasteiger partial charge in [-0.15, -0.1) is 0 Å². The van der Waals surface area contributed by atoms with Crippen LogP contribution in [0.1, 0.15) is 13.8 Å². The Morgan fingerprint density at radius 2 is 1.90 bits per heavy atom. The molecule has 0 bridgehead atoms. The molecule has 1 heterocycles. The molecule has 0 saturated carbocycles. The van der Waals surface area contributed by atoms with Crippen molar-refractivity contribution in [3.63, 3.8) is 0 Å². The Morgan fingerprint density at radius 1 is 1.20 bits per heavy atom. The Balaban J connectivity index is 1.75. The van der Waals surface area contributed by atoms with Crippen LogP contribution in [0.5, 0.6) is 5.75 Å². The molecular weight excluding hydrogens is 418 g/mol. The number of nitrogens with one attached hydrogen (secondary N) is 1. The van der Waals surface area contributed by atoms with Gasteiger partial charge in [0.05, 0.1) is 25.0 Å². The monoisotopic (exact) mass is 448 g/mol. The highest BCUT2D eigenvalue weighted by Crippen LogP contribution is 2.17. The molecule has 1 aliphatic rings. The van der Waals surface area contributed by atoms with Crippen molar-refractivity contribution in [1.29, 1.82) is 0 Å². The lowest BCUT2D eigenvalue weighted by Crippen LogP contribution is -2.54. The fraction of sp³-hybridized carbons (Fsp3) is 0.632. The van der Waals surface area contributed by atoms with E-state index >= 15 is 0 Å². The molecule has 1 aliphatic heterocycles. The molecular formula is C19H30F2N4O4S. The quantitative estimate of drug-likeness (QED) is 0.348. The summed E-state index contributed by atoms with van der Waals surface area (Å²) in [5.41, 5.74) is 0. The Bertz CT molecular complexity index is 813. The molecule has 1 N–H and O–H groups in total. The molecule has 2 rings (SSSR count). The van der Waals surface area contributed by atoms with Crippen molar-refractivity contribution in [3.8, 4) is 5.75 Å². The molecule has 0 spiro atoms. The van der Waals surface area contributed by atoms with Crippen LogP contribution in [0, 0.1) is 11.6 Å². The van der Waals surface area contributed by atoms with E-state index in [4.69, 9.17) is 9.47 Å². The molecule has 0 amide bonds. The molecule has 30 heavy (non-hydrogen) atoms. The zero-order chi connectivity index (χ0) is 22.1. The van der Waals surface area contributed by atoms with Gasteiger partial charge in [0, 0.05) is 39.3 Å². The third-order valence-electron chi connectivity index (χ3n) is 4.47. The maximum Gasteiger partial charge on any atom is 0.216 e. The number of piperazine rings is 1. The van der Waals surface area contributed by atoms with Crippen molar-refractivity contribution >= 4 is 16.0 Å². The predicted octanol–water partition coefficient (Wildman–Crippen LogP) is 1.29. The number of aliphatic imine (C=N–C) groups is 1. The maximum absolute atomic E-state index is 13.6. The first kappa shape index (κ1) is 24.3. The van der Waals surface area contributed by atoms with Crippen LogP contribution in [0.25, 0.3) is 0 Å². The van der Waals surface area contributed by atoms with Gasteiger partial charge in [-0.3, -0.25) is 4.99 Å². The van der Waals surface area contributed by atoms with E-state index in [1.54, 1.807) is 7.05 Å². The van der Waals surface area contributed by atoms with E-state index in [1.807, 2.05) is 18.7 Å². The zero-order valence-corrected chi connectivity index (χ0v) is 18.4. The molecule has 1 aromatic rings. The SMILES string of the molecule is CN=C(NCCOc1ccc(F)cc1F)N1CCN(S(=O)(=O)CCOC(C)C)CC1. The predicted molar refractivity (Wildman–Crippen MR) is 111 cm³/mol. The van der Waals surface area contributed by atoms with Gasteiger partial charge in [0.1, 0.15) is 12.4 Å². The van der Waals surface area contributed by atoms with E-state index in [-0.39, 0.29) is 30.8 Å². The van der Waals surface area contributed by atoms with Crippen LogP contribution in [-0.2, 0) is 14.8 Å². The normalized spacial score (nSPS) is 16.2. The Kier molecular flexibility index (Phi) is 9.25. The summed E-state index contributed by atoms with van der Waals surface area (Å²) < 4.78 is 63.4. The highest BCUT2D eigenvalue weighted by molar-refractivity contribution is 7.89. The second kappa shape index (κ2) is 11.4. The minimum absolute atomic E-state index is 0.00465. The summed E-state index contributed by atoms with van der Waals surface area (Å²) in [6.07, 6.45) is -0.00465. The summed E-state index contributed by atoms with van der Waals surface area (Å²) >= 11 is 0. The van der Waals surface area contributed by atoms with Gasteiger partial charge >= 0.3 is 0 Å². The van der Waals surface area contributed by atoms with Crippen molar-refractivity contribution in [1.82, 2.24) is 14.5 Å². The highest BCUT2D eigenvalue weighted by Gasteiger charge is 2.27. The Morgan fingerprint density at radius 3 is 2.50 bits per heavy atom. The van der Waals surface area contributed by atoms with Crippen LogP contribution in [-0.4, -0.2) is 88.4 Å². The number of nitrogens with zero attached hydrogens (tertiary/aromatic N) is 3. The minimum atomic E-state index is -3.35. The molecule has 0 aromatic heterocycles. The molecule has 1 fully saturated rings. The number of rotatable bonds is 9. The minimum Gasteiger partial charge on any atom is -0.489 e. The van der Waals surface area contributed by atoms with Gasteiger partial charge in [0.15, 0.2) is 17.5 Å². The van der Waals surface area contributed by atoms with Crippen LogP contribution >= 0.6 is 0 Å². The molecule has 1 saturated heterocycles. The number of ether oxygens (including phenoxy) is 2. The number of guanidine groups is 1. The smallest absolute Gasteiger partial charge is 0.216 e. The molecule has 11 heteroatoms. The average Bonchev–Trinajstić information content (AvgIpc) is 2.69. The second-order valence-electron chi connectivity index (χ2n) is 7.02. The van der Waals surface area contributed by atoms with Gasteiger partial charge in [-0.1, -0.05) is 0 Å². The van der Waals surface area contributed by atoms with E-state index in [2.05, 4.69) is 10.3 Å². The topological polar surface area (TPSA) is 83.5 Å². The van der Waals surface area contributed by atoms with Gasteiger partial charge < -0.3 is 19.7 Å². The van der Waals surface area contributed by atoms with E-state index in [1.165, 1.54) is 10.4 Å². The number of halogens is 2. The van der Waals surface area contributed by atoms with Crippen LogP contribution in [0.3, 0.4) is 0 Å². The fourth-order valence-electron chi connectivity index (χ4n) is 2.94. The van der Waals surface area contributed by atoms with Crippen molar-refractivity contribution < 1.29 is 26.7 Å². The molecule has 0 radical (unpaired) electrons. The van der Waals surface area contributed by atoms with E-state index < -0.39 is 21.7 Å². The number of benzene rings is 1. The maximum atomic E-state index is 13.6. The van der Waals surface area contributed by atoms with Gasteiger partial charge in [0.25, 0.3) is 0 Å². The summed E-state index contributed by atoms with van der Waals surface area (Å²) in [5.74, 6) is -0.857. The van der Waals surface area contributed by atoms with E-state index in [9.17, 15) is 17.2 Å². The van der Waals surface area contributed by atoms with Crippen molar-refractivity contribution in [2.45, 2.75) is 20.0 Å². The summed E-state index contributed by atoms with van der Waals surface area (Å²) in [4.78, 5) is 6.16. The number of hydrogen-bond acceptors (Lipinski definition) is 5. The number of sulfonamides is 1. The second-order valence-corrected chi connectivity index (χ2v) is 9.11. The van der Waals surface area contributed by atoms with Crippen LogP contribution in [0.2, 0.25) is 0 Å². The molecule has 0 aliphatic carbocycles. The first-order chi connectivity index (χ1) is 14.2. The summed E-state index contributed by atoms with van der Waals surface area (Å²) in [6, 6.07) is 3.14.